The molecule has 1 N–H and O–H groups in total. The quantitative estimate of drug-likeness (QED) is 0.448. The average Bonchev–Trinajstić information content (AvgIpc) is 2.63. The van der Waals surface area contributed by atoms with Crippen LogP contribution in [0.1, 0.15) is 11.3 Å². The van der Waals surface area contributed by atoms with Gasteiger partial charge in [-0.15, -0.1) is 6.58 Å². The summed E-state index contributed by atoms with van der Waals surface area (Å²) in [5.74, 6) is -0.846. The molecule has 0 fully saturated rings. The van der Waals surface area contributed by atoms with E-state index in [0.29, 0.717) is 5.56 Å². The highest BCUT2D eigenvalue weighted by Gasteiger charge is 2.42. The third-order valence-corrected chi connectivity index (χ3v) is 7.68. The Balaban J connectivity index is 3.44. The SMILES string of the molecule is C=CCN(CP(=O)(OC)OC)C(c1ccc(O)cc1)P(=O)(OC)OC. The molecule has 0 saturated carbocycles. The lowest BCUT2D eigenvalue weighted by Crippen LogP contribution is -2.31. The smallest absolute Gasteiger partial charge is 0.351 e. The molecule has 0 heterocycles. The summed E-state index contributed by atoms with van der Waals surface area (Å²) in [6.07, 6.45) is 1.41. The molecule has 0 amide bonds. The molecular formula is C15H25NO7P2. The van der Waals surface area contributed by atoms with Gasteiger partial charge in [-0.1, -0.05) is 18.2 Å². The monoisotopic (exact) mass is 393 g/mol. The normalized spacial score (nSPS) is 13.8. The Morgan fingerprint density at radius 1 is 1.08 bits per heavy atom. The van der Waals surface area contributed by atoms with Gasteiger partial charge in [0, 0.05) is 35.0 Å². The fourth-order valence-electron chi connectivity index (χ4n) is 2.33. The molecule has 0 radical (unpaired) electrons. The van der Waals surface area contributed by atoms with Crippen LogP contribution in [0, 0.1) is 0 Å². The lowest BCUT2D eigenvalue weighted by atomic mass is 10.2. The molecule has 142 valence electrons. The average molecular weight is 393 g/mol. The molecule has 1 aromatic rings. The largest absolute Gasteiger partial charge is 0.508 e. The molecule has 1 aromatic carbocycles. The van der Waals surface area contributed by atoms with Crippen LogP contribution >= 0.6 is 15.2 Å². The topological polar surface area (TPSA) is 94.5 Å². The van der Waals surface area contributed by atoms with E-state index in [1.165, 1.54) is 40.6 Å². The van der Waals surface area contributed by atoms with Gasteiger partial charge in [-0.25, -0.2) is 0 Å². The Morgan fingerprint density at radius 2 is 1.60 bits per heavy atom. The molecule has 0 saturated heterocycles. The van der Waals surface area contributed by atoms with E-state index in [0.717, 1.165) is 0 Å². The van der Waals surface area contributed by atoms with Crippen LogP contribution < -0.4 is 0 Å². The highest BCUT2D eigenvalue weighted by Crippen LogP contribution is 2.63. The predicted molar refractivity (Wildman–Crippen MR) is 95.9 cm³/mol. The second-order valence-corrected chi connectivity index (χ2v) is 9.58. The second-order valence-electron chi connectivity index (χ2n) is 5.05. The minimum Gasteiger partial charge on any atom is -0.508 e. The molecule has 1 unspecified atom stereocenters. The van der Waals surface area contributed by atoms with Crippen molar-refractivity contribution in [2.24, 2.45) is 0 Å². The summed E-state index contributed by atoms with van der Waals surface area (Å²) in [4.78, 5) is 1.58. The Morgan fingerprint density at radius 3 is 2.00 bits per heavy atom. The van der Waals surface area contributed by atoms with Crippen LogP contribution in [-0.2, 0) is 27.2 Å². The summed E-state index contributed by atoms with van der Waals surface area (Å²) < 4.78 is 46.1. The zero-order valence-electron chi connectivity index (χ0n) is 14.8. The third-order valence-electron chi connectivity index (χ3n) is 3.62. The van der Waals surface area contributed by atoms with Crippen molar-refractivity contribution in [2.45, 2.75) is 5.78 Å². The minimum absolute atomic E-state index is 0.0573. The number of hydrogen-bond acceptors (Lipinski definition) is 8. The first-order valence-corrected chi connectivity index (χ1v) is 10.7. The number of hydrogen-bond donors (Lipinski definition) is 1. The molecule has 0 aliphatic heterocycles. The van der Waals surface area contributed by atoms with Gasteiger partial charge in [0.25, 0.3) is 0 Å². The number of nitrogens with zero attached hydrogens (tertiary/aromatic N) is 1. The number of rotatable bonds is 11. The number of phenolic OH excluding ortho intramolecular Hbond substituents is 1. The van der Waals surface area contributed by atoms with Crippen LogP contribution in [0.3, 0.4) is 0 Å². The molecule has 8 nitrogen and oxygen atoms in total. The lowest BCUT2D eigenvalue weighted by molar-refractivity contribution is 0.197. The highest BCUT2D eigenvalue weighted by atomic mass is 31.2. The molecule has 0 aliphatic carbocycles. The van der Waals surface area contributed by atoms with Crippen molar-refractivity contribution in [1.29, 1.82) is 0 Å². The predicted octanol–water partition coefficient (Wildman–Crippen LogP) is 3.81. The maximum Gasteiger partial charge on any atom is 0.351 e. The van der Waals surface area contributed by atoms with E-state index in [1.807, 2.05) is 0 Å². The van der Waals surface area contributed by atoms with E-state index < -0.39 is 21.0 Å². The number of phenols is 1. The van der Waals surface area contributed by atoms with Gasteiger partial charge in [-0.2, -0.15) is 0 Å². The molecular weight excluding hydrogens is 368 g/mol. The van der Waals surface area contributed by atoms with E-state index in [4.69, 9.17) is 18.1 Å². The van der Waals surface area contributed by atoms with E-state index in [1.54, 1.807) is 23.1 Å². The van der Waals surface area contributed by atoms with E-state index >= 15 is 0 Å². The van der Waals surface area contributed by atoms with Gasteiger partial charge in [0.05, 0.1) is 0 Å². The van der Waals surface area contributed by atoms with Gasteiger partial charge < -0.3 is 23.2 Å². The Labute approximate surface area is 148 Å². The summed E-state index contributed by atoms with van der Waals surface area (Å²) in [5.41, 5.74) is 0.547. The van der Waals surface area contributed by atoms with Crippen LogP contribution in [-0.4, -0.2) is 51.3 Å². The minimum atomic E-state index is -3.66. The number of aromatic hydroxyl groups is 1. The van der Waals surface area contributed by atoms with Gasteiger partial charge in [0.2, 0.25) is 0 Å². The molecule has 0 spiro atoms. The highest BCUT2D eigenvalue weighted by molar-refractivity contribution is 7.55. The van der Waals surface area contributed by atoms with E-state index in [2.05, 4.69) is 6.58 Å². The van der Waals surface area contributed by atoms with Crippen molar-refractivity contribution in [1.82, 2.24) is 4.90 Å². The van der Waals surface area contributed by atoms with E-state index in [-0.39, 0.29) is 18.6 Å². The summed E-state index contributed by atoms with van der Waals surface area (Å²) in [6.45, 7) is 3.90. The van der Waals surface area contributed by atoms with Crippen LogP contribution in [0.4, 0.5) is 0 Å². The first-order valence-electron chi connectivity index (χ1n) is 7.34. The zero-order valence-corrected chi connectivity index (χ0v) is 16.6. The van der Waals surface area contributed by atoms with Gasteiger partial charge in [-0.3, -0.25) is 14.0 Å². The lowest BCUT2D eigenvalue weighted by Gasteiger charge is -2.35. The van der Waals surface area contributed by atoms with Crippen LogP contribution in [0.15, 0.2) is 36.9 Å². The maximum atomic E-state index is 13.2. The summed E-state index contributed by atoms with van der Waals surface area (Å²) in [7, 11) is -2.00. The zero-order chi connectivity index (χ0) is 19.1. The van der Waals surface area contributed by atoms with Gasteiger partial charge in [-0.05, 0) is 17.7 Å². The van der Waals surface area contributed by atoms with Crippen molar-refractivity contribution < 1.29 is 32.3 Å². The van der Waals surface area contributed by atoms with Crippen molar-refractivity contribution in [3.8, 4) is 5.75 Å². The standard InChI is InChI=1S/C15H25NO7P2/c1-6-11-16(12-24(18,20-2)21-3)15(25(19,22-4)23-5)13-7-9-14(17)10-8-13/h6-10,15,17H,1,11-12H2,2-5H3. The van der Waals surface area contributed by atoms with Gasteiger partial charge in [0.1, 0.15) is 17.8 Å². The Hall–Kier alpha value is -0.980. The van der Waals surface area contributed by atoms with Crippen molar-refractivity contribution in [2.75, 3.05) is 41.3 Å². The van der Waals surface area contributed by atoms with Crippen molar-refractivity contribution in [3.05, 3.63) is 42.5 Å². The first-order chi connectivity index (χ1) is 11.8. The molecule has 25 heavy (non-hydrogen) atoms. The summed E-state index contributed by atoms with van der Waals surface area (Å²) in [5, 5.41) is 9.51. The Bertz CT molecular complexity index is 634. The van der Waals surface area contributed by atoms with Crippen molar-refractivity contribution >= 4 is 15.2 Å². The summed E-state index contributed by atoms with van der Waals surface area (Å²) >= 11 is 0. The molecule has 0 aliphatic rings. The maximum absolute atomic E-state index is 13.2. The van der Waals surface area contributed by atoms with Crippen LogP contribution in [0.25, 0.3) is 0 Å². The fourth-order valence-corrected chi connectivity index (χ4v) is 5.22. The van der Waals surface area contributed by atoms with Gasteiger partial charge >= 0.3 is 15.2 Å². The second kappa shape index (κ2) is 9.64. The summed E-state index contributed by atoms with van der Waals surface area (Å²) in [6, 6.07) is 6.09. The Kier molecular flexibility index (Phi) is 8.51. The van der Waals surface area contributed by atoms with E-state index in [9.17, 15) is 14.2 Å². The molecule has 1 rings (SSSR count). The fraction of sp³-hybridized carbons (Fsp3) is 0.467. The van der Waals surface area contributed by atoms with Crippen molar-refractivity contribution in [3.63, 3.8) is 0 Å². The van der Waals surface area contributed by atoms with Crippen LogP contribution in [0.2, 0.25) is 0 Å². The molecule has 0 bridgehead atoms. The molecule has 10 heteroatoms. The molecule has 1 atom stereocenters. The van der Waals surface area contributed by atoms with Gasteiger partial charge in [0.15, 0.2) is 0 Å². The first kappa shape index (κ1) is 22.1. The molecule has 0 aromatic heterocycles. The third kappa shape index (κ3) is 5.50. The van der Waals surface area contributed by atoms with Crippen LogP contribution in [0.5, 0.6) is 5.75 Å². The number of benzene rings is 1.